The van der Waals surface area contributed by atoms with Crippen LogP contribution >= 0.6 is 0 Å². The minimum absolute atomic E-state index is 0.0546. The molecule has 0 atom stereocenters. The van der Waals surface area contributed by atoms with Gasteiger partial charge in [-0.1, -0.05) is 42.5 Å². The van der Waals surface area contributed by atoms with Crippen LogP contribution in [0.15, 0.2) is 84.9 Å². The summed E-state index contributed by atoms with van der Waals surface area (Å²) < 4.78 is 0. The van der Waals surface area contributed by atoms with Crippen molar-refractivity contribution in [3.8, 4) is 11.1 Å². The van der Waals surface area contributed by atoms with Gasteiger partial charge in [-0.3, -0.25) is 19.8 Å². The van der Waals surface area contributed by atoms with Gasteiger partial charge in [0.1, 0.15) is 0 Å². The normalized spacial score (nSPS) is 14.0. The standard InChI is InChI=1S/C29H28N4O3/c34-29(24-7-5-22(6-8-24)23-9-11-27(12-10-23)33(35)36)31-19-26-3-1-2-25-18-21(4-13-28(25)26)20-32-16-14-30-15-17-32/h1-13,18,30H,14-17,19-20H2,(H,31,34). The summed E-state index contributed by atoms with van der Waals surface area (Å²) in [6.07, 6.45) is 0. The van der Waals surface area contributed by atoms with Crippen LogP contribution in [0.3, 0.4) is 0 Å². The van der Waals surface area contributed by atoms with E-state index in [0.717, 1.165) is 54.8 Å². The zero-order valence-electron chi connectivity index (χ0n) is 19.9. The molecule has 1 heterocycles. The average Bonchev–Trinajstić information content (AvgIpc) is 2.92. The lowest BCUT2D eigenvalue weighted by atomic mass is 10.0. The van der Waals surface area contributed by atoms with Crippen LogP contribution in [0, 0.1) is 10.1 Å². The molecule has 1 saturated heterocycles. The molecule has 0 bridgehead atoms. The molecule has 0 saturated carbocycles. The van der Waals surface area contributed by atoms with Gasteiger partial charge in [-0.2, -0.15) is 0 Å². The third kappa shape index (κ3) is 5.43. The molecule has 0 spiro atoms. The molecule has 36 heavy (non-hydrogen) atoms. The molecule has 2 N–H and O–H groups in total. The van der Waals surface area contributed by atoms with Crippen molar-refractivity contribution in [1.29, 1.82) is 0 Å². The first kappa shape index (κ1) is 23.7. The molecule has 4 aromatic carbocycles. The van der Waals surface area contributed by atoms with Gasteiger partial charge in [0.25, 0.3) is 11.6 Å². The summed E-state index contributed by atoms with van der Waals surface area (Å²) >= 11 is 0. The quantitative estimate of drug-likeness (QED) is 0.294. The highest BCUT2D eigenvalue weighted by Crippen LogP contribution is 2.24. The zero-order chi connectivity index (χ0) is 24.9. The molecule has 0 aliphatic carbocycles. The maximum absolute atomic E-state index is 12.8. The van der Waals surface area contributed by atoms with E-state index in [2.05, 4.69) is 45.9 Å². The van der Waals surface area contributed by atoms with Crippen molar-refractivity contribution < 1.29 is 9.72 Å². The van der Waals surface area contributed by atoms with E-state index >= 15 is 0 Å². The molecule has 1 aliphatic rings. The number of rotatable bonds is 7. The number of non-ortho nitro benzene ring substituents is 1. The Morgan fingerprint density at radius 2 is 1.61 bits per heavy atom. The zero-order valence-corrected chi connectivity index (χ0v) is 19.9. The smallest absolute Gasteiger partial charge is 0.269 e. The van der Waals surface area contributed by atoms with Crippen LogP contribution in [0.2, 0.25) is 0 Å². The Morgan fingerprint density at radius 3 is 2.31 bits per heavy atom. The lowest BCUT2D eigenvalue weighted by Gasteiger charge is -2.27. The van der Waals surface area contributed by atoms with E-state index in [4.69, 9.17) is 0 Å². The Labute approximate surface area is 209 Å². The second-order valence-electron chi connectivity index (χ2n) is 9.06. The van der Waals surface area contributed by atoms with Gasteiger partial charge in [0.05, 0.1) is 4.92 Å². The molecular weight excluding hydrogens is 452 g/mol. The third-order valence-electron chi connectivity index (χ3n) is 6.65. The van der Waals surface area contributed by atoms with Gasteiger partial charge in [-0.05, 0) is 63.4 Å². The maximum atomic E-state index is 12.8. The lowest BCUT2D eigenvalue weighted by molar-refractivity contribution is -0.384. The molecule has 0 unspecified atom stereocenters. The summed E-state index contributed by atoms with van der Waals surface area (Å²) in [4.78, 5) is 25.7. The highest BCUT2D eigenvalue weighted by Gasteiger charge is 2.12. The van der Waals surface area contributed by atoms with Crippen molar-refractivity contribution in [2.45, 2.75) is 13.1 Å². The number of amides is 1. The molecule has 0 aromatic heterocycles. The predicted octanol–water partition coefficient (Wildman–Crippen LogP) is 4.75. The van der Waals surface area contributed by atoms with Gasteiger partial charge < -0.3 is 10.6 Å². The van der Waals surface area contributed by atoms with Gasteiger partial charge >= 0.3 is 0 Å². The summed E-state index contributed by atoms with van der Waals surface area (Å²) in [6, 6.07) is 26.5. The average molecular weight is 481 g/mol. The first-order valence-corrected chi connectivity index (χ1v) is 12.1. The van der Waals surface area contributed by atoms with Crippen LogP contribution in [-0.4, -0.2) is 41.9 Å². The number of fused-ring (bicyclic) bond motifs is 1. The topological polar surface area (TPSA) is 87.5 Å². The van der Waals surface area contributed by atoms with Crippen LogP contribution < -0.4 is 10.6 Å². The van der Waals surface area contributed by atoms with Gasteiger partial charge in [0.2, 0.25) is 0 Å². The molecule has 1 amide bonds. The van der Waals surface area contributed by atoms with Crippen LogP contribution in [0.4, 0.5) is 5.69 Å². The van der Waals surface area contributed by atoms with E-state index < -0.39 is 4.92 Å². The summed E-state index contributed by atoms with van der Waals surface area (Å²) in [5.74, 6) is -0.141. The van der Waals surface area contributed by atoms with Crippen LogP contribution in [0.5, 0.6) is 0 Å². The molecule has 1 aliphatic heterocycles. The number of nitro groups is 1. The molecule has 7 nitrogen and oxygen atoms in total. The number of benzene rings is 4. The Bertz CT molecular complexity index is 1380. The third-order valence-corrected chi connectivity index (χ3v) is 6.65. The van der Waals surface area contributed by atoms with Crippen molar-refractivity contribution in [2.24, 2.45) is 0 Å². The van der Waals surface area contributed by atoms with Crippen LogP contribution in [0.25, 0.3) is 21.9 Å². The van der Waals surface area contributed by atoms with Gasteiger partial charge in [-0.15, -0.1) is 0 Å². The second-order valence-corrected chi connectivity index (χ2v) is 9.06. The Hall–Kier alpha value is -4.07. The number of carbonyl (C=O) groups excluding carboxylic acids is 1. The molecule has 1 fully saturated rings. The molecule has 182 valence electrons. The number of nitrogens with zero attached hydrogens (tertiary/aromatic N) is 2. The number of nitrogens with one attached hydrogen (secondary N) is 2. The Balaban J connectivity index is 1.23. The van der Waals surface area contributed by atoms with Gasteiger partial charge in [0.15, 0.2) is 0 Å². The first-order valence-electron chi connectivity index (χ1n) is 12.1. The van der Waals surface area contributed by atoms with E-state index in [1.165, 1.54) is 23.1 Å². The highest BCUT2D eigenvalue weighted by atomic mass is 16.6. The summed E-state index contributed by atoms with van der Waals surface area (Å²) in [7, 11) is 0. The van der Waals surface area contributed by atoms with Crippen LogP contribution in [-0.2, 0) is 13.1 Å². The van der Waals surface area contributed by atoms with E-state index in [9.17, 15) is 14.9 Å². The number of hydrogen-bond donors (Lipinski definition) is 2. The minimum atomic E-state index is -0.417. The van der Waals surface area contributed by atoms with E-state index in [0.29, 0.717) is 12.1 Å². The van der Waals surface area contributed by atoms with Crippen molar-refractivity contribution >= 4 is 22.4 Å². The minimum Gasteiger partial charge on any atom is -0.348 e. The fourth-order valence-electron chi connectivity index (χ4n) is 4.65. The maximum Gasteiger partial charge on any atom is 0.269 e. The van der Waals surface area contributed by atoms with Crippen molar-refractivity contribution in [3.63, 3.8) is 0 Å². The highest BCUT2D eigenvalue weighted by molar-refractivity contribution is 5.95. The number of hydrogen-bond acceptors (Lipinski definition) is 5. The monoisotopic (exact) mass is 480 g/mol. The number of nitro benzene ring substituents is 1. The lowest BCUT2D eigenvalue weighted by Crippen LogP contribution is -2.42. The Kier molecular flexibility index (Phi) is 7.02. The van der Waals surface area contributed by atoms with Gasteiger partial charge in [-0.25, -0.2) is 0 Å². The van der Waals surface area contributed by atoms with Crippen LogP contribution in [0.1, 0.15) is 21.5 Å². The second kappa shape index (κ2) is 10.7. The Morgan fingerprint density at radius 1 is 0.917 bits per heavy atom. The van der Waals surface area contributed by atoms with Crippen molar-refractivity contribution in [3.05, 3.63) is 112 Å². The number of piperazine rings is 1. The van der Waals surface area contributed by atoms with E-state index in [-0.39, 0.29) is 11.6 Å². The molecule has 4 aromatic rings. The summed E-state index contributed by atoms with van der Waals surface area (Å²) in [5, 5.41) is 19.6. The van der Waals surface area contributed by atoms with Crippen molar-refractivity contribution in [1.82, 2.24) is 15.5 Å². The molecular formula is C29H28N4O3. The largest absolute Gasteiger partial charge is 0.348 e. The first-order chi connectivity index (χ1) is 17.6. The molecule has 7 heteroatoms. The molecule has 5 rings (SSSR count). The number of carbonyl (C=O) groups is 1. The summed E-state index contributed by atoms with van der Waals surface area (Å²) in [5.41, 5.74) is 4.76. The summed E-state index contributed by atoms with van der Waals surface area (Å²) in [6.45, 7) is 5.61. The molecule has 0 radical (unpaired) electrons. The van der Waals surface area contributed by atoms with Gasteiger partial charge in [0, 0.05) is 57.0 Å². The predicted molar refractivity (Wildman–Crippen MR) is 142 cm³/mol. The van der Waals surface area contributed by atoms with E-state index in [1.54, 1.807) is 24.3 Å². The fourth-order valence-corrected chi connectivity index (χ4v) is 4.65. The fraction of sp³-hybridized carbons (Fsp3) is 0.207. The van der Waals surface area contributed by atoms with Crippen molar-refractivity contribution in [2.75, 3.05) is 26.2 Å². The van der Waals surface area contributed by atoms with E-state index in [1.807, 2.05) is 18.2 Å². The SMILES string of the molecule is O=C(NCc1cccc2cc(CN3CCNCC3)ccc12)c1ccc(-c2ccc([N+](=O)[O-])cc2)cc1.